The lowest BCUT2D eigenvalue weighted by atomic mass is 10.2. The lowest BCUT2D eigenvalue weighted by molar-refractivity contribution is -0.146. The molecule has 0 spiro atoms. The molecule has 0 aromatic heterocycles. The zero-order chi connectivity index (χ0) is 7.84. The van der Waals surface area contributed by atoms with Gasteiger partial charge in [-0.1, -0.05) is 0 Å². The van der Waals surface area contributed by atoms with Crippen molar-refractivity contribution in [3.05, 3.63) is 0 Å². The fourth-order valence-corrected chi connectivity index (χ4v) is 1.80. The maximum atomic E-state index is 11.1. The van der Waals surface area contributed by atoms with Crippen molar-refractivity contribution < 1.29 is 14.3 Å². The van der Waals surface area contributed by atoms with Crippen LogP contribution in [-0.4, -0.2) is 25.3 Å². The van der Waals surface area contributed by atoms with Gasteiger partial charge < -0.3 is 9.47 Å². The van der Waals surface area contributed by atoms with Crippen molar-refractivity contribution in [1.29, 1.82) is 0 Å². The molecule has 2 fully saturated rings. The van der Waals surface area contributed by atoms with Crippen LogP contribution >= 0.6 is 0 Å². The first-order valence-corrected chi connectivity index (χ1v) is 4.13. The molecule has 3 heteroatoms. The van der Waals surface area contributed by atoms with E-state index in [4.69, 9.17) is 9.47 Å². The van der Waals surface area contributed by atoms with E-state index in [-0.39, 0.29) is 18.0 Å². The Hall–Kier alpha value is -0.570. The van der Waals surface area contributed by atoms with Crippen LogP contribution in [-0.2, 0) is 14.3 Å². The minimum atomic E-state index is -0.0674. The van der Waals surface area contributed by atoms with Crippen LogP contribution in [0.1, 0.15) is 13.3 Å². The molecule has 3 nitrogen and oxygen atoms in total. The van der Waals surface area contributed by atoms with E-state index in [0.29, 0.717) is 12.5 Å². The summed E-state index contributed by atoms with van der Waals surface area (Å²) in [6, 6.07) is 0. The van der Waals surface area contributed by atoms with E-state index < -0.39 is 0 Å². The van der Waals surface area contributed by atoms with Crippen LogP contribution in [0.5, 0.6) is 0 Å². The van der Waals surface area contributed by atoms with E-state index in [2.05, 4.69) is 0 Å². The number of hydrogen-bond acceptors (Lipinski definition) is 3. The van der Waals surface area contributed by atoms with E-state index in [1.807, 2.05) is 6.92 Å². The van der Waals surface area contributed by atoms with E-state index >= 15 is 0 Å². The number of hydrogen-bond donors (Lipinski definition) is 0. The molecule has 0 bridgehead atoms. The van der Waals surface area contributed by atoms with Gasteiger partial charge in [0.05, 0.1) is 18.6 Å². The summed E-state index contributed by atoms with van der Waals surface area (Å²) >= 11 is 0. The second-order valence-corrected chi connectivity index (χ2v) is 3.07. The largest absolute Gasteiger partial charge is 0.466 e. The topological polar surface area (TPSA) is 35.5 Å². The van der Waals surface area contributed by atoms with Crippen molar-refractivity contribution in [2.24, 2.45) is 11.8 Å². The molecule has 1 aliphatic heterocycles. The number of ether oxygens (including phenoxy) is 2. The molecule has 3 atom stereocenters. The Kier molecular flexibility index (Phi) is 1.60. The standard InChI is InChI=1S/C8H12O3/c1-2-10-8(9)6-5-3-4-11-7(5)6/h5-7H,2-4H2,1H3/t5-,6-,7+/m1/s1. The second-order valence-electron chi connectivity index (χ2n) is 3.07. The predicted molar refractivity (Wildman–Crippen MR) is 38.0 cm³/mol. The summed E-state index contributed by atoms with van der Waals surface area (Å²) < 4.78 is 10.2. The number of fused-ring (bicyclic) bond motifs is 1. The van der Waals surface area contributed by atoms with E-state index in [9.17, 15) is 4.79 Å². The summed E-state index contributed by atoms with van der Waals surface area (Å²) in [5.41, 5.74) is 0. The molecule has 0 radical (unpaired) electrons. The van der Waals surface area contributed by atoms with E-state index in [1.165, 1.54) is 0 Å². The molecule has 1 saturated heterocycles. The molecule has 2 rings (SSSR count). The summed E-state index contributed by atoms with van der Waals surface area (Å²) in [5, 5.41) is 0. The quantitative estimate of drug-likeness (QED) is 0.549. The summed E-state index contributed by atoms with van der Waals surface area (Å²) in [6.45, 7) is 3.14. The average molecular weight is 156 g/mol. The number of carbonyl (C=O) groups excluding carboxylic acids is 1. The summed E-state index contributed by atoms with van der Waals surface area (Å²) in [5.74, 6) is 0.486. The van der Waals surface area contributed by atoms with Crippen LogP contribution in [0.2, 0.25) is 0 Å². The van der Waals surface area contributed by atoms with E-state index in [1.54, 1.807) is 0 Å². The van der Waals surface area contributed by atoms with Gasteiger partial charge in [0.2, 0.25) is 0 Å². The molecular weight excluding hydrogens is 144 g/mol. The van der Waals surface area contributed by atoms with Gasteiger partial charge in [-0.3, -0.25) is 4.79 Å². The van der Waals surface area contributed by atoms with Crippen LogP contribution in [0.15, 0.2) is 0 Å². The highest BCUT2D eigenvalue weighted by Crippen LogP contribution is 2.49. The molecule has 0 amide bonds. The molecule has 1 aliphatic carbocycles. The van der Waals surface area contributed by atoms with Crippen molar-refractivity contribution in [2.75, 3.05) is 13.2 Å². The molecule has 2 aliphatic rings. The Morgan fingerprint density at radius 2 is 2.55 bits per heavy atom. The van der Waals surface area contributed by atoms with Crippen molar-refractivity contribution in [3.8, 4) is 0 Å². The molecule has 0 aromatic carbocycles. The van der Waals surface area contributed by atoms with Crippen molar-refractivity contribution in [1.82, 2.24) is 0 Å². The number of esters is 1. The fraction of sp³-hybridized carbons (Fsp3) is 0.875. The van der Waals surface area contributed by atoms with Gasteiger partial charge in [0.25, 0.3) is 0 Å². The minimum absolute atomic E-state index is 0.0674. The first-order valence-electron chi connectivity index (χ1n) is 4.13. The smallest absolute Gasteiger partial charge is 0.311 e. The van der Waals surface area contributed by atoms with Gasteiger partial charge in [0, 0.05) is 12.5 Å². The van der Waals surface area contributed by atoms with Gasteiger partial charge in [-0.2, -0.15) is 0 Å². The van der Waals surface area contributed by atoms with Crippen LogP contribution in [0, 0.1) is 11.8 Å². The van der Waals surface area contributed by atoms with Crippen molar-refractivity contribution in [3.63, 3.8) is 0 Å². The van der Waals surface area contributed by atoms with Gasteiger partial charge >= 0.3 is 5.97 Å². The first kappa shape index (κ1) is 7.10. The number of carbonyl (C=O) groups is 1. The predicted octanol–water partition coefficient (Wildman–Crippen LogP) is 0.584. The highest BCUT2D eigenvalue weighted by molar-refractivity contribution is 5.77. The monoisotopic (exact) mass is 156 g/mol. The fourth-order valence-electron chi connectivity index (χ4n) is 1.80. The van der Waals surface area contributed by atoms with Gasteiger partial charge in [0.1, 0.15) is 0 Å². The van der Waals surface area contributed by atoms with Crippen molar-refractivity contribution in [2.45, 2.75) is 19.4 Å². The molecule has 11 heavy (non-hydrogen) atoms. The van der Waals surface area contributed by atoms with Crippen LogP contribution in [0.25, 0.3) is 0 Å². The molecule has 62 valence electrons. The average Bonchev–Trinajstić information content (AvgIpc) is 2.47. The van der Waals surface area contributed by atoms with Gasteiger partial charge in [-0.15, -0.1) is 0 Å². The first-order chi connectivity index (χ1) is 5.34. The highest BCUT2D eigenvalue weighted by atomic mass is 16.5. The zero-order valence-corrected chi connectivity index (χ0v) is 6.58. The normalized spacial score (nSPS) is 39.9. The molecule has 0 unspecified atom stereocenters. The maximum absolute atomic E-state index is 11.1. The maximum Gasteiger partial charge on any atom is 0.311 e. The molecule has 1 heterocycles. The van der Waals surface area contributed by atoms with Gasteiger partial charge in [-0.05, 0) is 13.3 Å². The number of rotatable bonds is 2. The third-order valence-electron chi connectivity index (χ3n) is 2.42. The van der Waals surface area contributed by atoms with Crippen LogP contribution in [0.4, 0.5) is 0 Å². The summed E-state index contributed by atoms with van der Waals surface area (Å²) in [6.07, 6.45) is 1.24. The van der Waals surface area contributed by atoms with Crippen molar-refractivity contribution >= 4 is 5.97 Å². The van der Waals surface area contributed by atoms with Gasteiger partial charge in [0.15, 0.2) is 0 Å². The Bertz CT molecular complexity index is 168. The van der Waals surface area contributed by atoms with Crippen LogP contribution in [0.3, 0.4) is 0 Å². The Morgan fingerprint density at radius 1 is 1.73 bits per heavy atom. The Labute approximate surface area is 65.7 Å². The minimum Gasteiger partial charge on any atom is -0.466 e. The molecule has 1 saturated carbocycles. The lowest BCUT2D eigenvalue weighted by Gasteiger charge is -2.02. The summed E-state index contributed by atoms with van der Waals surface area (Å²) in [4.78, 5) is 11.1. The van der Waals surface area contributed by atoms with Crippen LogP contribution < -0.4 is 0 Å². The highest BCUT2D eigenvalue weighted by Gasteiger charge is 2.59. The third kappa shape index (κ3) is 1.03. The third-order valence-corrected chi connectivity index (χ3v) is 2.42. The Morgan fingerprint density at radius 3 is 3.09 bits per heavy atom. The molecule has 0 N–H and O–H groups in total. The SMILES string of the molecule is CCOC(=O)[C@@H]1[C@H]2CCO[C@@H]21. The summed E-state index contributed by atoms with van der Waals surface area (Å²) in [7, 11) is 0. The molecule has 0 aromatic rings. The Balaban J connectivity index is 1.85. The second kappa shape index (κ2) is 2.48. The van der Waals surface area contributed by atoms with Gasteiger partial charge in [-0.25, -0.2) is 0 Å². The molecular formula is C8H12O3. The lowest BCUT2D eigenvalue weighted by Crippen LogP contribution is -2.12. The van der Waals surface area contributed by atoms with E-state index in [0.717, 1.165) is 13.0 Å². The zero-order valence-electron chi connectivity index (χ0n) is 6.58.